The highest BCUT2D eigenvalue weighted by Gasteiger charge is 2.33. The second-order valence-corrected chi connectivity index (χ2v) is 7.24. The van der Waals surface area contributed by atoms with Crippen molar-refractivity contribution in [3.63, 3.8) is 0 Å². The first-order valence-electron chi connectivity index (χ1n) is 7.75. The van der Waals surface area contributed by atoms with Crippen molar-refractivity contribution in [2.45, 2.75) is 39.3 Å². The van der Waals surface area contributed by atoms with Crippen molar-refractivity contribution in [3.05, 3.63) is 35.0 Å². The Morgan fingerprint density at radius 1 is 1.52 bits per heavy atom. The fourth-order valence-electron chi connectivity index (χ4n) is 2.51. The molecule has 1 aliphatic rings. The number of nitrogens with zero attached hydrogens (tertiary/aromatic N) is 2. The standard InChI is InChI=1S/C17H26N2OS/c1-4-9-18(12-16-6-5-10-21-16)13-17(20)19(11-14(2)3)15-7-8-15/h4-6,10,14-15H,1,7-9,11-13H2,2-3H3. The van der Waals surface area contributed by atoms with E-state index in [1.165, 1.54) is 17.7 Å². The lowest BCUT2D eigenvalue weighted by Gasteiger charge is -2.28. The molecule has 0 atom stereocenters. The lowest BCUT2D eigenvalue weighted by atomic mass is 10.2. The van der Waals surface area contributed by atoms with Gasteiger partial charge in [0, 0.05) is 30.6 Å². The van der Waals surface area contributed by atoms with Crippen molar-refractivity contribution in [1.82, 2.24) is 9.80 Å². The van der Waals surface area contributed by atoms with E-state index in [2.05, 4.69) is 47.7 Å². The molecule has 0 spiro atoms. The highest BCUT2D eigenvalue weighted by Crippen LogP contribution is 2.28. The molecule has 3 nitrogen and oxygen atoms in total. The summed E-state index contributed by atoms with van der Waals surface area (Å²) >= 11 is 1.74. The van der Waals surface area contributed by atoms with Crippen LogP contribution in [-0.4, -0.2) is 41.4 Å². The largest absolute Gasteiger partial charge is 0.338 e. The highest BCUT2D eigenvalue weighted by molar-refractivity contribution is 7.09. The smallest absolute Gasteiger partial charge is 0.237 e. The molecule has 0 aromatic carbocycles. The first-order valence-corrected chi connectivity index (χ1v) is 8.63. The molecule has 1 fully saturated rings. The summed E-state index contributed by atoms with van der Waals surface area (Å²) in [6, 6.07) is 4.67. The Bertz CT molecular complexity index is 451. The Kier molecular flexibility index (Phi) is 6.00. The van der Waals surface area contributed by atoms with Crippen LogP contribution in [-0.2, 0) is 11.3 Å². The molecular weight excluding hydrogens is 280 g/mol. The number of hydrogen-bond acceptors (Lipinski definition) is 3. The van der Waals surface area contributed by atoms with Crippen molar-refractivity contribution in [3.8, 4) is 0 Å². The SMILES string of the molecule is C=CCN(CC(=O)N(CC(C)C)C1CC1)Cc1cccs1. The summed E-state index contributed by atoms with van der Waals surface area (Å²) in [5.74, 6) is 0.796. The quantitative estimate of drug-likeness (QED) is 0.653. The number of hydrogen-bond donors (Lipinski definition) is 0. The van der Waals surface area contributed by atoms with Crippen LogP contribution in [0, 0.1) is 5.92 Å². The maximum atomic E-state index is 12.6. The monoisotopic (exact) mass is 306 g/mol. The molecule has 0 radical (unpaired) electrons. The molecule has 1 heterocycles. The van der Waals surface area contributed by atoms with Crippen molar-refractivity contribution < 1.29 is 4.79 Å². The maximum absolute atomic E-state index is 12.6. The average molecular weight is 306 g/mol. The van der Waals surface area contributed by atoms with Crippen LogP contribution in [0.5, 0.6) is 0 Å². The summed E-state index contributed by atoms with van der Waals surface area (Å²) in [6.45, 7) is 11.1. The van der Waals surface area contributed by atoms with Crippen LogP contribution in [0.4, 0.5) is 0 Å². The molecule has 4 heteroatoms. The molecule has 1 aromatic rings. The van der Waals surface area contributed by atoms with Gasteiger partial charge in [0.1, 0.15) is 0 Å². The van der Waals surface area contributed by atoms with E-state index < -0.39 is 0 Å². The van der Waals surface area contributed by atoms with Gasteiger partial charge in [0.15, 0.2) is 0 Å². The van der Waals surface area contributed by atoms with E-state index in [-0.39, 0.29) is 5.91 Å². The zero-order valence-corrected chi connectivity index (χ0v) is 13.9. The minimum atomic E-state index is 0.268. The lowest BCUT2D eigenvalue weighted by molar-refractivity contribution is -0.133. The third-order valence-electron chi connectivity index (χ3n) is 3.58. The van der Waals surface area contributed by atoms with Gasteiger partial charge in [0.2, 0.25) is 5.91 Å². The minimum absolute atomic E-state index is 0.268. The van der Waals surface area contributed by atoms with Gasteiger partial charge in [0.25, 0.3) is 0 Å². The molecule has 116 valence electrons. The Morgan fingerprint density at radius 2 is 2.29 bits per heavy atom. The van der Waals surface area contributed by atoms with Gasteiger partial charge in [0.05, 0.1) is 6.54 Å². The molecule has 0 N–H and O–H groups in total. The Morgan fingerprint density at radius 3 is 2.81 bits per heavy atom. The molecule has 1 aliphatic carbocycles. The Labute approximate surface area is 132 Å². The van der Waals surface area contributed by atoms with Crippen molar-refractivity contribution >= 4 is 17.2 Å². The van der Waals surface area contributed by atoms with E-state index in [1.54, 1.807) is 11.3 Å². The zero-order chi connectivity index (χ0) is 15.2. The first kappa shape index (κ1) is 16.2. The third-order valence-corrected chi connectivity index (χ3v) is 4.44. The predicted molar refractivity (Wildman–Crippen MR) is 89.4 cm³/mol. The van der Waals surface area contributed by atoms with Gasteiger partial charge in [-0.25, -0.2) is 0 Å². The predicted octanol–water partition coefficient (Wildman–Crippen LogP) is 3.38. The summed E-state index contributed by atoms with van der Waals surface area (Å²) < 4.78 is 0. The number of amides is 1. The average Bonchev–Trinajstić information content (AvgIpc) is 3.14. The second kappa shape index (κ2) is 7.76. The Balaban J connectivity index is 1.94. The van der Waals surface area contributed by atoms with Crippen LogP contribution in [0.25, 0.3) is 0 Å². The van der Waals surface area contributed by atoms with E-state index in [0.29, 0.717) is 18.5 Å². The van der Waals surface area contributed by atoms with Crippen molar-refractivity contribution in [2.75, 3.05) is 19.6 Å². The summed E-state index contributed by atoms with van der Waals surface area (Å²) in [5.41, 5.74) is 0. The number of thiophene rings is 1. The van der Waals surface area contributed by atoms with Crippen LogP contribution in [0.1, 0.15) is 31.6 Å². The molecule has 1 amide bonds. The number of carbonyl (C=O) groups excluding carboxylic acids is 1. The molecule has 21 heavy (non-hydrogen) atoms. The number of rotatable bonds is 9. The topological polar surface area (TPSA) is 23.6 Å². The number of carbonyl (C=O) groups is 1. The van der Waals surface area contributed by atoms with Gasteiger partial charge in [-0.05, 0) is 30.2 Å². The van der Waals surface area contributed by atoms with Crippen LogP contribution in [0.15, 0.2) is 30.2 Å². The van der Waals surface area contributed by atoms with Gasteiger partial charge in [-0.15, -0.1) is 17.9 Å². The normalized spacial score (nSPS) is 14.7. The summed E-state index contributed by atoms with van der Waals surface area (Å²) in [7, 11) is 0. The van der Waals surface area contributed by atoms with Gasteiger partial charge in [-0.1, -0.05) is 26.0 Å². The van der Waals surface area contributed by atoms with Gasteiger partial charge in [-0.2, -0.15) is 0 Å². The maximum Gasteiger partial charge on any atom is 0.237 e. The van der Waals surface area contributed by atoms with Crippen LogP contribution in [0.2, 0.25) is 0 Å². The lowest BCUT2D eigenvalue weighted by Crippen LogP contribution is -2.43. The third kappa shape index (κ3) is 5.29. The minimum Gasteiger partial charge on any atom is -0.338 e. The molecular formula is C17H26N2OS. The van der Waals surface area contributed by atoms with Gasteiger partial charge >= 0.3 is 0 Å². The first-order chi connectivity index (χ1) is 10.1. The summed E-state index contributed by atoms with van der Waals surface area (Å²) in [5, 5.41) is 2.08. The van der Waals surface area contributed by atoms with Crippen molar-refractivity contribution in [2.24, 2.45) is 5.92 Å². The fraction of sp³-hybridized carbons (Fsp3) is 0.588. The summed E-state index contributed by atoms with van der Waals surface area (Å²) in [6.07, 6.45) is 4.22. The van der Waals surface area contributed by atoms with E-state index in [4.69, 9.17) is 0 Å². The molecule has 2 rings (SSSR count). The Hall–Kier alpha value is -1.13. The molecule has 0 aliphatic heterocycles. The van der Waals surface area contributed by atoms with Crippen molar-refractivity contribution in [1.29, 1.82) is 0 Å². The van der Waals surface area contributed by atoms with E-state index in [1.807, 2.05) is 6.08 Å². The van der Waals surface area contributed by atoms with Crippen LogP contribution in [0.3, 0.4) is 0 Å². The van der Waals surface area contributed by atoms with Gasteiger partial charge < -0.3 is 4.90 Å². The van der Waals surface area contributed by atoms with E-state index >= 15 is 0 Å². The molecule has 1 aromatic heterocycles. The molecule has 1 saturated carbocycles. The summed E-state index contributed by atoms with van der Waals surface area (Å²) in [4.78, 5) is 18.2. The second-order valence-electron chi connectivity index (χ2n) is 6.21. The van der Waals surface area contributed by atoms with Crippen LogP contribution >= 0.6 is 11.3 Å². The molecule has 0 bridgehead atoms. The highest BCUT2D eigenvalue weighted by atomic mass is 32.1. The molecule has 0 unspecified atom stereocenters. The van der Waals surface area contributed by atoms with Gasteiger partial charge in [-0.3, -0.25) is 9.69 Å². The van der Waals surface area contributed by atoms with E-state index in [0.717, 1.165) is 19.6 Å². The molecule has 0 saturated heterocycles. The van der Waals surface area contributed by atoms with E-state index in [9.17, 15) is 4.79 Å². The zero-order valence-electron chi connectivity index (χ0n) is 13.1. The van der Waals surface area contributed by atoms with Crippen LogP contribution < -0.4 is 0 Å². The fourth-order valence-corrected chi connectivity index (χ4v) is 3.25.